The summed E-state index contributed by atoms with van der Waals surface area (Å²) in [5.41, 5.74) is 6.57. The second kappa shape index (κ2) is 8.29. The highest BCUT2D eigenvalue weighted by Crippen LogP contribution is 2.27. The number of hydrogen-bond acceptors (Lipinski definition) is 4. The molecule has 0 heterocycles. The summed E-state index contributed by atoms with van der Waals surface area (Å²) < 4.78 is 23.4. The SMILES string of the molecule is COc1ccccc1N=C(N)SCCOc1ccc(F)cc1. The predicted octanol–water partition coefficient (Wildman–Crippen LogP) is 3.59. The number of methoxy groups -OCH3 is 1. The van der Waals surface area contributed by atoms with E-state index in [1.807, 2.05) is 24.3 Å². The van der Waals surface area contributed by atoms with E-state index >= 15 is 0 Å². The molecular formula is C16H17FN2O2S. The van der Waals surface area contributed by atoms with E-state index in [1.54, 1.807) is 19.2 Å². The van der Waals surface area contributed by atoms with Crippen LogP contribution in [0, 0.1) is 5.82 Å². The smallest absolute Gasteiger partial charge is 0.159 e. The van der Waals surface area contributed by atoms with Gasteiger partial charge in [0.05, 0.1) is 13.7 Å². The van der Waals surface area contributed by atoms with Crippen LogP contribution in [0.4, 0.5) is 10.1 Å². The minimum absolute atomic E-state index is 0.282. The zero-order chi connectivity index (χ0) is 15.8. The Balaban J connectivity index is 1.81. The molecule has 0 spiro atoms. The number of nitrogens with zero attached hydrogens (tertiary/aromatic N) is 1. The molecular weight excluding hydrogens is 303 g/mol. The fraction of sp³-hybridized carbons (Fsp3) is 0.188. The van der Waals surface area contributed by atoms with Gasteiger partial charge in [0.25, 0.3) is 0 Å². The highest BCUT2D eigenvalue weighted by molar-refractivity contribution is 8.13. The van der Waals surface area contributed by atoms with Crippen LogP contribution in [0.1, 0.15) is 0 Å². The Hall–Kier alpha value is -2.21. The molecule has 0 unspecified atom stereocenters. The van der Waals surface area contributed by atoms with Gasteiger partial charge < -0.3 is 15.2 Å². The monoisotopic (exact) mass is 320 g/mol. The molecule has 0 fully saturated rings. The summed E-state index contributed by atoms with van der Waals surface area (Å²) in [4.78, 5) is 4.31. The molecule has 116 valence electrons. The molecule has 0 aromatic heterocycles. The fourth-order valence-electron chi connectivity index (χ4n) is 1.71. The van der Waals surface area contributed by atoms with Crippen LogP contribution in [0.25, 0.3) is 0 Å². The van der Waals surface area contributed by atoms with Gasteiger partial charge in [0.15, 0.2) is 5.17 Å². The maximum absolute atomic E-state index is 12.7. The van der Waals surface area contributed by atoms with Gasteiger partial charge >= 0.3 is 0 Å². The second-order valence-corrected chi connectivity index (χ2v) is 5.39. The van der Waals surface area contributed by atoms with Crippen LogP contribution >= 0.6 is 11.8 Å². The zero-order valence-electron chi connectivity index (χ0n) is 12.2. The molecule has 0 amide bonds. The minimum atomic E-state index is -0.282. The van der Waals surface area contributed by atoms with Crippen molar-refractivity contribution in [2.45, 2.75) is 0 Å². The van der Waals surface area contributed by atoms with Crippen LogP contribution < -0.4 is 15.2 Å². The lowest BCUT2D eigenvalue weighted by Crippen LogP contribution is -2.10. The summed E-state index contributed by atoms with van der Waals surface area (Å²) >= 11 is 1.39. The van der Waals surface area contributed by atoms with Crippen molar-refractivity contribution < 1.29 is 13.9 Å². The molecule has 4 nitrogen and oxygen atoms in total. The Labute approximate surface area is 133 Å². The first-order valence-corrected chi connectivity index (χ1v) is 7.66. The van der Waals surface area contributed by atoms with E-state index in [9.17, 15) is 4.39 Å². The molecule has 0 saturated carbocycles. The Morgan fingerprint density at radius 3 is 2.64 bits per heavy atom. The van der Waals surface area contributed by atoms with Crippen LogP contribution in [0.2, 0.25) is 0 Å². The van der Waals surface area contributed by atoms with Crippen molar-refractivity contribution in [3.05, 3.63) is 54.3 Å². The van der Waals surface area contributed by atoms with Crippen LogP contribution in [0.3, 0.4) is 0 Å². The van der Waals surface area contributed by atoms with Gasteiger partial charge in [0.1, 0.15) is 23.0 Å². The molecule has 2 N–H and O–H groups in total. The molecule has 0 aliphatic rings. The van der Waals surface area contributed by atoms with Gasteiger partial charge in [-0.2, -0.15) is 0 Å². The van der Waals surface area contributed by atoms with Crippen molar-refractivity contribution >= 4 is 22.6 Å². The van der Waals surface area contributed by atoms with E-state index in [0.29, 0.717) is 34.7 Å². The molecule has 0 atom stereocenters. The molecule has 6 heteroatoms. The first kappa shape index (κ1) is 16.2. The number of thioether (sulfide) groups is 1. The fourth-order valence-corrected chi connectivity index (χ4v) is 2.25. The molecule has 2 aromatic carbocycles. The van der Waals surface area contributed by atoms with Gasteiger partial charge in [0, 0.05) is 5.75 Å². The maximum Gasteiger partial charge on any atom is 0.159 e. The molecule has 0 radical (unpaired) electrons. The van der Waals surface area contributed by atoms with Crippen molar-refractivity contribution in [3.63, 3.8) is 0 Å². The first-order chi connectivity index (χ1) is 10.7. The lowest BCUT2D eigenvalue weighted by molar-refractivity contribution is 0.343. The molecule has 0 aliphatic carbocycles. The number of aliphatic imine (C=N–C) groups is 1. The largest absolute Gasteiger partial charge is 0.494 e. The van der Waals surface area contributed by atoms with Crippen molar-refractivity contribution in [1.82, 2.24) is 0 Å². The Morgan fingerprint density at radius 1 is 1.18 bits per heavy atom. The Morgan fingerprint density at radius 2 is 1.91 bits per heavy atom. The van der Waals surface area contributed by atoms with E-state index in [4.69, 9.17) is 15.2 Å². The summed E-state index contributed by atoms with van der Waals surface area (Å²) in [6, 6.07) is 13.3. The lowest BCUT2D eigenvalue weighted by atomic mass is 10.3. The maximum atomic E-state index is 12.7. The van der Waals surface area contributed by atoms with E-state index in [2.05, 4.69) is 4.99 Å². The Bertz CT molecular complexity index is 632. The number of para-hydroxylation sites is 2. The average Bonchev–Trinajstić information content (AvgIpc) is 2.54. The van der Waals surface area contributed by atoms with E-state index < -0.39 is 0 Å². The van der Waals surface area contributed by atoms with Gasteiger partial charge in [-0.1, -0.05) is 23.9 Å². The summed E-state index contributed by atoms with van der Waals surface area (Å²) in [7, 11) is 1.59. The molecule has 22 heavy (non-hydrogen) atoms. The average molecular weight is 320 g/mol. The number of halogens is 1. The molecule has 0 aliphatic heterocycles. The number of nitrogens with two attached hydrogens (primary N) is 1. The quantitative estimate of drug-likeness (QED) is 0.502. The summed E-state index contributed by atoms with van der Waals surface area (Å²) in [5.74, 6) is 1.66. The van der Waals surface area contributed by atoms with Crippen molar-refractivity contribution in [3.8, 4) is 11.5 Å². The van der Waals surface area contributed by atoms with Gasteiger partial charge in [-0.15, -0.1) is 0 Å². The van der Waals surface area contributed by atoms with E-state index in [1.165, 1.54) is 23.9 Å². The third-order valence-electron chi connectivity index (χ3n) is 2.73. The highest BCUT2D eigenvalue weighted by atomic mass is 32.2. The van der Waals surface area contributed by atoms with Gasteiger partial charge in [0.2, 0.25) is 0 Å². The van der Waals surface area contributed by atoms with Crippen LogP contribution in [0.15, 0.2) is 53.5 Å². The normalized spacial score (nSPS) is 11.3. The van der Waals surface area contributed by atoms with Gasteiger partial charge in [-0.25, -0.2) is 9.38 Å². The van der Waals surface area contributed by atoms with E-state index in [0.717, 1.165) is 0 Å². The van der Waals surface area contributed by atoms with E-state index in [-0.39, 0.29) is 5.82 Å². The number of rotatable bonds is 6. The highest BCUT2D eigenvalue weighted by Gasteiger charge is 2.02. The third-order valence-corrected chi connectivity index (χ3v) is 3.49. The van der Waals surface area contributed by atoms with Gasteiger partial charge in [-0.3, -0.25) is 0 Å². The van der Waals surface area contributed by atoms with Gasteiger partial charge in [-0.05, 0) is 36.4 Å². The summed E-state index contributed by atoms with van der Waals surface area (Å²) in [5, 5.41) is 0.437. The number of amidine groups is 1. The number of benzene rings is 2. The van der Waals surface area contributed by atoms with Crippen LogP contribution in [-0.2, 0) is 0 Å². The number of ether oxygens (including phenoxy) is 2. The topological polar surface area (TPSA) is 56.8 Å². The van der Waals surface area contributed by atoms with Crippen molar-refractivity contribution in [2.24, 2.45) is 10.7 Å². The molecule has 2 aromatic rings. The minimum Gasteiger partial charge on any atom is -0.494 e. The zero-order valence-corrected chi connectivity index (χ0v) is 13.0. The lowest BCUT2D eigenvalue weighted by Gasteiger charge is -2.07. The first-order valence-electron chi connectivity index (χ1n) is 6.67. The molecule has 2 rings (SSSR count). The summed E-state index contributed by atoms with van der Waals surface area (Å²) in [6.45, 7) is 0.457. The number of hydrogen-bond donors (Lipinski definition) is 1. The van der Waals surface area contributed by atoms with Crippen molar-refractivity contribution in [1.29, 1.82) is 0 Å². The Kier molecular flexibility index (Phi) is 6.09. The molecule has 0 bridgehead atoms. The third kappa shape index (κ3) is 4.96. The van der Waals surface area contributed by atoms with Crippen LogP contribution in [0.5, 0.6) is 11.5 Å². The standard InChI is InChI=1S/C16H17FN2O2S/c1-20-15-5-3-2-4-14(15)19-16(18)22-11-10-21-13-8-6-12(17)7-9-13/h2-9H,10-11H2,1H3,(H2,18,19). The van der Waals surface area contributed by atoms with Crippen LogP contribution in [-0.4, -0.2) is 24.6 Å². The van der Waals surface area contributed by atoms with Crippen molar-refractivity contribution in [2.75, 3.05) is 19.5 Å². The predicted molar refractivity (Wildman–Crippen MR) is 88.6 cm³/mol. The second-order valence-electron chi connectivity index (χ2n) is 4.27. The summed E-state index contributed by atoms with van der Waals surface area (Å²) in [6.07, 6.45) is 0. The molecule has 0 saturated heterocycles.